The van der Waals surface area contributed by atoms with Gasteiger partial charge in [0.05, 0.1) is 15.6 Å². The molecule has 1 amide bonds. The standard InChI is InChI=1S/C28H31Cl2N3O/c1-28(2,3)21-9-6-20(7-10-21)18-33(16-14-19-8-13-24(29)25(30)17-19)27(34)23-5-4-15-31-26(23)32-22-11-12-22/h4-10,13,15,17,22H,11-12,14,16,18H2,1-3H3,(H,31,32). The second-order valence-corrected chi connectivity index (χ2v) is 10.8. The number of halogens is 2. The number of nitrogens with one attached hydrogen (secondary N) is 1. The van der Waals surface area contributed by atoms with Crippen LogP contribution >= 0.6 is 23.2 Å². The molecule has 1 fully saturated rings. The molecule has 34 heavy (non-hydrogen) atoms. The van der Waals surface area contributed by atoms with Gasteiger partial charge in [-0.2, -0.15) is 0 Å². The number of hydrogen-bond acceptors (Lipinski definition) is 3. The molecule has 1 N–H and O–H groups in total. The predicted molar refractivity (Wildman–Crippen MR) is 141 cm³/mol. The smallest absolute Gasteiger partial charge is 0.257 e. The number of anilines is 1. The van der Waals surface area contributed by atoms with E-state index in [9.17, 15) is 4.79 Å². The van der Waals surface area contributed by atoms with Crippen LogP contribution < -0.4 is 5.32 Å². The number of carbonyl (C=O) groups is 1. The van der Waals surface area contributed by atoms with Crippen molar-refractivity contribution in [2.45, 2.75) is 58.0 Å². The van der Waals surface area contributed by atoms with E-state index in [0.717, 1.165) is 24.0 Å². The Morgan fingerprint density at radius 3 is 2.38 bits per heavy atom. The Kier molecular flexibility index (Phi) is 7.49. The maximum absolute atomic E-state index is 13.7. The first kappa shape index (κ1) is 24.6. The van der Waals surface area contributed by atoms with Gasteiger partial charge in [0.15, 0.2) is 0 Å². The Morgan fingerprint density at radius 1 is 1.03 bits per heavy atom. The number of rotatable bonds is 8. The van der Waals surface area contributed by atoms with Crippen LogP contribution in [0.4, 0.5) is 5.82 Å². The van der Waals surface area contributed by atoms with Crippen molar-refractivity contribution in [1.82, 2.24) is 9.88 Å². The Labute approximate surface area is 212 Å². The van der Waals surface area contributed by atoms with Crippen molar-refractivity contribution in [3.8, 4) is 0 Å². The zero-order valence-corrected chi connectivity index (χ0v) is 21.5. The number of aromatic nitrogens is 1. The molecule has 0 unspecified atom stereocenters. The van der Waals surface area contributed by atoms with E-state index in [-0.39, 0.29) is 11.3 Å². The van der Waals surface area contributed by atoms with Crippen molar-refractivity contribution in [2.24, 2.45) is 0 Å². The number of carbonyl (C=O) groups excluding carboxylic acids is 1. The fourth-order valence-corrected chi connectivity index (χ4v) is 4.15. The number of benzene rings is 2. The summed E-state index contributed by atoms with van der Waals surface area (Å²) in [7, 11) is 0. The molecule has 2 aromatic carbocycles. The van der Waals surface area contributed by atoms with Gasteiger partial charge >= 0.3 is 0 Å². The van der Waals surface area contributed by atoms with E-state index in [4.69, 9.17) is 23.2 Å². The topological polar surface area (TPSA) is 45.2 Å². The largest absolute Gasteiger partial charge is 0.367 e. The minimum atomic E-state index is -0.0313. The van der Waals surface area contributed by atoms with Crippen LogP contribution in [0.5, 0.6) is 0 Å². The van der Waals surface area contributed by atoms with Crippen molar-refractivity contribution in [3.63, 3.8) is 0 Å². The van der Waals surface area contributed by atoms with Crippen LogP contribution in [-0.2, 0) is 18.4 Å². The molecule has 0 spiro atoms. The van der Waals surface area contributed by atoms with Crippen LogP contribution in [0.1, 0.15) is 60.7 Å². The second-order valence-electron chi connectivity index (χ2n) is 9.99. The molecule has 4 nitrogen and oxygen atoms in total. The van der Waals surface area contributed by atoms with Crippen molar-refractivity contribution in [1.29, 1.82) is 0 Å². The van der Waals surface area contributed by atoms with Crippen LogP contribution in [0.15, 0.2) is 60.8 Å². The molecule has 0 saturated heterocycles. The molecule has 4 rings (SSSR count). The summed E-state index contributed by atoms with van der Waals surface area (Å²) < 4.78 is 0. The van der Waals surface area contributed by atoms with Crippen molar-refractivity contribution < 1.29 is 4.79 Å². The molecule has 1 aromatic heterocycles. The molecule has 178 valence electrons. The molecule has 6 heteroatoms. The Morgan fingerprint density at radius 2 is 1.74 bits per heavy atom. The second kappa shape index (κ2) is 10.4. The van der Waals surface area contributed by atoms with Crippen molar-refractivity contribution in [3.05, 3.63) is 93.1 Å². The van der Waals surface area contributed by atoms with Gasteiger partial charge in [0.2, 0.25) is 0 Å². The van der Waals surface area contributed by atoms with E-state index in [1.165, 1.54) is 5.56 Å². The molecule has 0 aliphatic heterocycles. The summed E-state index contributed by atoms with van der Waals surface area (Å²) in [6, 6.07) is 18.3. The van der Waals surface area contributed by atoms with Crippen LogP contribution in [-0.4, -0.2) is 28.4 Å². The third kappa shape index (κ3) is 6.31. The van der Waals surface area contributed by atoms with Gasteiger partial charge in [0, 0.05) is 25.3 Å². The van der Waals surface area contributed by atoms with Crippen LogP contribution in [0.25, 0.3) is 0 Å². The van der Waals surface area contributed by atoms with Gasteiger partial charge < -0.3 is 10.2 Å². The first-order valence-electron chi connectivity index (χ1n) is 11.7. The third-order valence-electron chi connectivity index (χ3n) is 6.09. The highest BCUT2D eigenvalue weighted by molar-refractivity contribution is 6.42. The van der Waals surface area contributed by atoms with Crippen molar-refractivity contribution >= 4 is 34.9 Å². The van der Waals surface area contributed by atoms with Gasteiger partial charge in [-0.3, -0.25) is 4.79 Å². The lowest BCUT2D eigenvalue weighted by molar-refractivity contribution is 0.0745. The summed E-state index contributed by atoms with van der Waals surface area (Å²) in [6.07, 6.45) is 4.64. The van der Waals surface area contributed by atoms with Crippen molar-refractivity contribution in [2.75, 3.05) is 11.9 Å². The van der Waals surface area contributed by atoms with Gasteiger partial charge in [0.1, 0.15) is 5.82 Å². The molecule has 1 aliphatic rings. The minimum Gasteiger partial charge on any atom is -0.367 e. The Bertz CT molecular complexity index is 1150. The lowest BCUT2D eigenvalue weighted by atomic mass is 9.87. The van der Waals surface area contributed by atoms with E-state index < -0.39 is 0 Å². The number of amides is 1. The highest BCUT2D eigenvalue weighted by Gasteiger charge is 2.26. The summed E-state index contributed by atoms with van der Waals surface area (Å²) >= 11 is 12.3. The summed E-state index contributed by atoms with van der Waals surface area (Å²) in [5, 5.41) is 4.46. The molecule has 0 radical (unpaired) electrons. The lowest BCUT2D eigenvalue weighted by Crippen LogP contribution is -2.33. The summed E-state index contributed by atoms with van der Waals surface area (Å²) in [4.78, 5) is 20.1. The monoisotopic (exact) mass is 495 g/mol. The van der Waals surface area contributed by atoms with Gasteiger partial charge in [-0.05, 0) is 65.6 Å². The average Bonchev–Trinajstić information content (AvgIpc) is 3.62. The first-order chi connectivity index (χ1) is 16.2. The number of nitrogens with zero attached hydrogens (tertiary/aromatic N) is 2. The first-order valence-corrected chi connectivity index (χ1v) is 12.5. The Hall–Kier alpha value is -2.56. The molecular formula is C28H31Cl2N3O. The third-order valence-corrected chi connectivity index (χ3v) is 6.83. The van der Waals surface area contributed by atoms with E-state index in [1.54, 1.807) is 12.3 Å². The van der Waals surface area contributed by atoms with E-state index in [1.807, 2.05) is 29.2 Å². The molecule has 1 saturated carbocycles. The number of pyridine rings is 1. The quantitative estimate of drug-likeness (QED) is 0.360. The zero-order chi connectivity index (χ0) is 24.3. The van der Waals surface area contributed by atoms with Crippen LogP contribution in [0.3, 0.4) is 0 Å². The van der Waals surface area contributed by atoms with Gasteiger partial charge in [-0.25, -0.2) is 4.98 Å². The predicted octanol–water partition coefficient (Wildman–Crippen LogP) is 7.15. The summed E-state index contributed by atoms with van der Waals surface area (Å²) in [6.45, 7) is 7.67. The fourth-order valence-electron chi connectivity index (χ4n) is 3.83. The average molecular weight is 496 g/mol. The minimum absolute atomic E-state index is 0.0313. The molecule has 3 aromatic rings. The fraction of sp³-hybridized carbons (Fsp3) is 0.357. The van der Waals surface area contributed by atoms with Crippen LogP contribution in [0.2, 0.25) is 10.0 Å². The molecule has 0 bridgehead atoms. The molecular weight excluding hydrogens is 465 g/mol. The molecule has 1 heterocycles. The highest BCUT2D eigenvalue weighted by atomic mass is 35.5. The lowest BCUT2D eigenvalue weighted by Gasteiger charge is -2.25. The summed E-state index contributed by atoms with van der Waals surface area (Å²) in [5.41, 5.74) is 4.10. The zero-order valence-electron chi connectivity index (χ0n) is 19.9. The Balaban J connectivity index is 1.57. The normalized spacial score (nSPS) is 13.6. The van der Waals surface area contributed by atoms with Gasteiger partial charge in [-0.15, -0.1) is 0 Å². The molecule has 1 aliphatic carbocycles. The van der Waals surface area contributed by atoms with E-state index >= 15 is 0 Å². The number of hydrogen-bond donors (Lipinski definition) is 1. The SMILES string of the molecule is CC(C)(C)c1ccc(CN(CCc2ccc(Cl)c(Cl)c2)C(=O)c2cccnc2NC2CC2)cc1. The van der Waals surface area contributed by atoms with Crippen LogP contribution in [0, 0.1) is 0 Å². The maximum Gasteiger partial charge on any atom is 0.257 e. The maximum atomic E-state index is 13.7. The molecule has 0 atom stereocenters. The summed E-state index contributed by atoms with van der Waals surface area (Å²) in [5.74, 6) is 0.633. The van der Waals surface area contributed by atoms with E-state index in [0.29, 0.717) is 47.0 Å². The highest BCUT2D eigenvalue weighted by Crippen LogP contribution is 2.27. The van der Waals surface area contributed by atoms with Gasteiger partial charge in [-0.1, -0.05) is 74.3 Å². The van der Waals surface area contributed by atoms with E-state index in [2.05, 4.69) is 55.3 Å². The van der Waals surface area contributed by atoms with Gasteiger partial charge in [0.25, 0.3) is 5.91 Å².